The molecular weight excluding hydrogens is 222 g/mol. The van der Waals surface area contributed by atoms with Crippen molar-refractivity contribution >= 4 is 0 Å². The molecule has 18 heavy (non-hydrogen) atoms. The number of phenols is 1. The topological polar surface area (TPSA) is 32.3 Å². The van der Waals surface area contributed by atoms with E-state index in [0.29, 0.717) is 11.2 Å². The Kier molecular flexibility index (Phi) is 4.28. The smallest absolute Gasteiger partial charge is 0.122 e. The van der Waals surface area contributed by atoms with Crippen LogP contribution >= 0.6 is 0 Å². The van der Waals surface area contributed by atoms with Crippen LogP contribution in [-0.4, -0.2) is 11.7 Å². The molecule has 2 heteroatoms. The van der Waals surface area contributed by atoms with Gasteiger partial charge in [-0.25, -0.2) is 0 Å². The van der Waals surface area contributed by atoms with Crippen molar-refractivity contribution < 1.29 is 5.11 Å². The highest BCUT2D eigenvalue weighted by Crippen LogP contribution is 2.40. The Morgan fingerprint density at radius 1 is 1.28 bits per heavy atom. The molecule has 1 fully saturated rings. The number of aromatic hydroxyl groups is 1. The molecule has 1 aliphatic rings. The van der Waals surface area contributed by atoms with Crippen LogP contribution in [0.1, 0.15) is 50.2 Å². The Hall–Kier alpha value is -1.02. The van der Waals surface area contributed by atoms with Crippen molar-refractivity contribution in [2.45, 2.75) is 52.5 Å². The summed E-state index contributed by atoms with van der Waals surface area (Å²) in [6, 6.07) is 5.96. The van der Waals surface area contributed by atoms with Crippen LogP contribution in [0.4, 0.5) is 0 Å². The fourth-order valence-corrected chi connectivity index (χ4v) is 3.11. The highest BCUT2D eigenvalue weighted by atomic mass is 16.3. The summed E-state index contributed by atoms with van der Waals surface area (Å²) < 4.78 is 0. The molecule has 0 amide bonds. The summed E-state index contributed by atoms with van der Waals surface area (Å²) in [5.74, 6) is 0.446. The van der Waals surface area contributed by atoms with Crippen LogP contribution in [0.5, 0.6) is 5.75 Å². The minimum Gasteiger partial charge on any atom is -0.507 e. The molecule has 0 spiro atoms. The van der Waals surface area contributed by atoms with Crippen LogP contribution in [-0.2, 0) is 6.54 Å². The Balaban J connectivity index is 1.90. The molecule has 0 bridgehead atoms. The summed E-state index contributed by atoms with van der Waals surface area (Å²) in [6.45, 7) is 6.10. The van der Waals surface area contributed by atoms with Gasteiger partial charge in [0.2, 0.25) is 0 Å². The van der Waals surface area contributed by atoms with E-state index in [4.69, 9.17) is 0 Å². The molecule has 1 aliphatic carbocycles. The van der Waals surface area contributed by atoms with Crippen molar-refractivity contribution in [3.63, 3.8) is 0 Å². The van der Waals surface area contributed by atoms with Gasteiger partial charge >= 0.3 is 0 Å². The molecule has 1 aromatic carbocycles. The van der Waals surface area contributed by atoms with Gasteiger partial charge in [0.25, 0.3) is 0 Å². The summed E-state index contributed by atoms with van der Waals surface area (Å²) in [7, 11) is 0. The lowest BCUT2D eigenvalue weighted by atomic mass is 9.83. The van der Waals surface area contributed by atoms with Gasteiger partial charge < -0.3 is 10.4 Å². The van der Waals surface area contributed by atoms with E-state index >= 15 is 0 Å². The molecule has 0 aromatic heterocycles. The molecular formula is C16H25NO. The minimum absolute atomic E-state index is 0.446. The third-order valence-corrected chi connectivity index (χ3v) is 4.55. The number of phenolic OH excluding ortho intramolecular Hbond substituents is 1. The number of para-hydroxylation sites is 1. The normalized spacial score (nSPS) is 18.1. The summed E-state index contributed by atoms with van der Waals surface area (Å²) in [5.41, 5.74) is 2.49. The van der Waals surface area contributed by atoms with E-state index in [0.717, 1.165) is 24.2 Å². The standard InChI is InChI=1S/C16H25NO/c1-3-16(9-4-5-10-16)12-17-11-14-8-6-7-13(2)15(14)18/h6-8,17-18H,3-5,9-12H2,1-2H3. The van der Waals surface area contributed by atoms with E-state index in [1.54, 1.807) is 0 Å². The van der Waals surface area contributed by atoms with Crippen molar-refractivity contribution in [3.8, 4) is 5.75 Å². The molecule has 0 unspecified atom stereocenters. The van der Waals surface area contributed by atoms with Crippen LogP contribution < -0.4 is 5.32 Å². The molecule has 0 saturated heterocycles. The molecule has 2 rings (SSSR count). The van der Waals surface area contributed by atoms with Gasteiger partial charge in [-0.05, 0) is 37.2 Å². The van der Waals surface area contributed by atoms with Crippen LogP contribution in [0, 0.1) is 12.3 Å². The van der Waals surface area contributed by atoms with Gasteiger partial charge in [-0.1, -0.05) is 38.0 Å². The summed E-state index contributed by atoms with van der Waals surface area (Å²) >= 11 is 0. The maximum atomic E-state index is 9.97. The number of benzene rings is 1. The first-order chi connectivity index (χ1) is 8.67. The number of rotatable bonds is 5. The highest BCUT2D eigenvalue weighted by molar-refractivity contribution is 5.39. The molecule has 1 saturated carbocycles. The number of hydrogen-bond donors (Lipinski definition) is 2. The van der Waals surface area contributed by atoms with E-state index in [-0.39, 0.29) is 0 Å². The van der Waals surface area contributed by atoms with Crippen LogP contribution in [0.25, 0.3) is 0 Å². The molecule has 0 atom stereocenters. The Morgan fingerprint density at radius 2 is 2.00 bits per heavy atom. The third-order valence-electron chi connectivity index (χ3n) is 4.55. The second-order valence-electron chi connectivity index (χ2n) is 5.75. The Bertz CT molecular complexity index is 394. The van der Waals surface area contributed by atoms with Crippen LogP contribution in [0.3, 0.4) is 0 Å². The molecule has 0 aliphatic heterocycles. The zero-order valence-electron chi connectivity index (χ0n) is 11.6. The van der Waals surface area contributed by atoms with Crippen molar-refractivity contribution in [2.24, 2.45) is 5.41 Å². The van der Waals surface area contributed by atoms with E-state index < -0.39 is 0 Å². The van der Waals surface area contributed by atoms with Gasteiger partial charge in [0.15, 0.2) is 0 Å². The fourth-order valence-electron chi connectivity index (χ4n) is 3.11. The molecule has 1 aromatic rings. The third kappa shape index (κ3) is 2.86. The Labute approximate surface area is 110 Å². The highest BCUT2D eigenvalue weighted by Gasteiger charge is 2.31. The monoisotopic (exact) mass is 247 g/mol. The molecule has 0 heterocycles. The maximum Gasteiger partial charge on any atom is 0.122 e. The molecule has 100 valence electrons. The van der Waals surface area contributed by atoms with Gasteiger partial charge in [0.05, 0.1) is 0 Å². The second kappa shape index (κ2) is 5.75. The van der Waals surface area contributed by atoms with E-state index in [9.17, 15) is 5.11 Å². The van der Waals surface area contributed by atoms with Crippen LogP contribution in [0.15, 0.2) is 18.2 Å². The largest absolute Gasteiger partial charge is 0.507 e. The van der Waals surface area contributed by atoms with Crippen molar-refractivity contribution in [3.05, 3.63) is 29.3 Å². The van der Waals surface area contributed by atoms with Crippen molar-refractivity contribution in [2.75, 3.05) is 6.54 Å². The number of nitrogens with one attached hydrogen (secondary N) is 1. The summed E-state index contributed by atoms with van der Waals surface area (Å²) in [5, 5.41) is 13.5. The first-order valence-corrected chi connectivity index (χ1v) is 7.15. The van der Waals surface area contributed by atoms with Gasteiger partial charge in [-0.2, -0.15) is 0 Å². The van der Waals surface area contributed by atoms with Crippen molar-refractivity contribution in [1.82, 2.24) is 5.32 Å². The minimum atomic E-state index is 0.446. The van der Waals surface area contributed by atoms with E-state index in [1.165, 1.54) is 32.1 Å². The van der Waals surface area contributed by atoms with Gasteiger partial charge in [-0.15, -0.1) is 0 Å². The Morgan fingerprint density at radius 3 is 2.67 bits per heavy atom. The zero-order chi connectivity index (χ0) is 13.0. The SMILES string of the molecule is CCC1(CNCc2cccc(C)c2O)CCCC1. The second-order valence-corrected chi connectivity index (χ2v) is 5.75. The maximum absolute atomic E-state index is 9.97. The van der Waals surface area contributed by atoms with Gasteiger partial charge in [-0.3, -0.25) is 0 Å². The average molecular weight is 247 g/mol. The lowest BCUT2D eigenvalue weighted by Crippen LogP contribution is -2.31. The number of hydrogen-bond acceptors (Lipinski definition) is 2. The predicted molar refractivity (Wildman–Crippen MR) is 75.7 cm³/mol. The predicted octanol–water partition coefficient (Wildman–Crippen LogP) is 3.76. The fraction of sp³-hybridized carbons (Fsp3) is 0.625. The lowest BCUT2D eigenvalue weighted by Gasteiger charge is -2.28. The van der Waals surface area contributed by atoms with Gasteiger partial charge in [0, 0.05) is 18.7 Å². The quantitative estimate of drug-likeness (QED) is 0.830. The van der Waals surface area contributed by atoms with E-state index in [1.807, 2.05) is 25.1 Å². The molecule has 2 nitrogen and oxygen atoms in total. The zero-order valence-corrected chi connectivity index (χ0v) is 11.6. The first kappa shape index (κ1) is 13.4. The van der Waals surface area contributed by atoms with Crippen molar-refractivity contribution in [1.29, 1.82) is 0 Å². The first-order valence-electron chi connectivity index (χ1n) is 7.15. The van der Waals surface area contributed by atoms with Crippen LogP contribution in [0.2, 0.25) is 0 Å². The number of aryl methyl sites for hydroxylation is 1. The van der Waals surface area contributed by atoms with Gasteiger partial charge in [0.1, 0.15) is 5.75 Å². The average Bonchev–Trinajstić information content (AvgIpc) is 2.84. The van der Waals surface area contributed by atoms with E-state index in [2.05, 4.69) is 12.2 Å². The summed E-state index contributed by atoms with van der Waals surface area (Å²) in [4.78, 5) is 0. The molecule has 0 radical (unpaired) electrons. The molecule has 2 N–H and O–H groups in total. The lowest BCUT2D eigenvalue weighted by molar-refractivity contribution is 0.267. The summed E-state index contributed by atoms with van der Waals surface area (Å²) in [6.07, 6.45) is 6.74.